The maximum Gasteiger partial charge on any atom is 0.231 e. The molecule has 3 unspecified atom stereocenters. The standard InChI is InChI=1S/C23H17ClF2N2O2/c24-18-7-5-16(6-8-18)21-11-17-3-1-2-4-22(17)28(29,30)23(21,14-27)13-15-9-19(25)12-20(26)10-15/h1-10,12,21,29H,11,13H2. The molecule has 1 heterocycles. The molecule has 0 aliphatic carbocycles. The third-order valence-electron chi connectivity index (χ3n) is 5.72. The first kappa shape index (κ1) is 20.5. The van der Waals surface area contributed by atoms with E-state index in [2.05, 4.69) is 0 Å². The fourth-order valence-corrected chi connectivity index (χ4v) is 4.45. The molecule has 30 heavy (non-hydrogen) atoms. The van der Waals surface area contributed by atoms with Gasteiger partial charge >= 0.3 is 0 Å². The quantitative estimate of drug-likeness (QED) is 0.434. The van der Waals surface area contributed by atoms with E-state index in [4.69, 9.17) is 11.6 Å². The zero-order valence-corrected chi connectivity index (χ0v) is 16.5. The molecule has 0 amide bonds. The van der Waals surface area contributed by atoms with Crippen molar-refractivity contribution in [3.8, 4) is 6.07 Å². The summed E-state index contributed by atoms with van der Waals surface area (Å²) in [6, 6.07) is 18.1. The van der Waals surface area contributed by atoms with Gasteiger partial charge in [-0.2, -0.15) is 10.1 Å². The van der Waals surface area contributed by atoms with Crippen LogP contribution in [0.3, 0.4) is 0 Å². The Morgan fingerprint density at radius 1 is 1.10 bits per heavy atom. The monoisotopic (exact) mass is 426 g/mol. The zero-order chi connectivity index (χ0) is 21.5. The number of para-hydroxylation sites is 1. The molecule has 0 saturated heterocycles. The molecular formula is C23H17ClF2N2O2. The first-order valence-electron chi connectivity index (χ1n) is 9.30. The van der Waals surface area contributed by atoms with Crippen LogP contribution in [0.5, 0.6) is 0 Å². The molecule has 152 valence electrons. The summed E-state index contributed by atoms with van der Waals surface area (Å²) in [4.78, 5) is -1.97. The minimum Gasteiger partial charge on any atom is -0.592 e. The molecule has 1 aliphatic heterocycles. The summed E-state index contributed by atoms with van der Waals surface area (Å²) in [5.41, 5.74) is -0.588. The maximum atomic E-state index is 13.8. The van der Waals surface area contributed by atoms with E-state index in [1.807, 2.05) is 6.07 Å². The summed E-state index contributed by atoms with van der Waals surface area (Å²) in [5, 5.41) is 35.6. The van der Waals surface area contributed by atoms with Gasteiger partial charge in [0.15, 0.2) is 5.69 Å². The molecule has 0 fully saturated rings. The maximum absolute atomic E-state index is 13.8. The van der Waals surface area contributed by atoms with Crippen molar-refractivity contribution in [1.82, 2.24) is 4.81 Å². The third-order valence-corrected chi connectivity index (χ3v) is 5.97. The minimum atomic E-state index is -1.97. The Kier molecular flexibility index (Phi) is 5.08. The highest BCUT2D eigenvalue weighted by Gasteiger charge is 2.58. The molecule has 3 aromatic rings. The van der Waals surface area contributed by atoms with Crippen LogP contribution in [0, 0.1) is 28.2 Å². The van der Waals surface area contributed by atoms with Gasteiger partial charge in [-0.15, -0.1) is 0 Å². The van der Waals surface area contributed by atoms with Crippen molar-refractivity contribution >= 4 is 17.3 Å². The fraction of sp³-hybridized carbons (Fsp3) is 0.174. The van der Waals surface area contributed by atoms with Gasteiger partial charge in [0.25, 0.3) is 0 Å². The number of rotatable bonds is 3. The molecule has 0 aromatic heterocycles. The Hall–Kier alpha value is -2.82. The van der Waals surface area contributed by atoms with Crippen LogP contribution < -0.4 is 4.81 Å². The zero-order valence-electron chi connectivity index (χ0n) is 15.7. The Labute approximate surface area is 177 Å². The van der Waals surface area contributed by atoms with Gasteiger partial charge in [-0.05, 0) is 41.8 Å². The average molecular weight is 427 g/mol. The van der Waals surface area contributed by atoms with E-state index in [0.29, 0.717) is 28.6 Å². The van der Waals surface area contributed by atoms with E-state index in [1.54, 1.807) is 42.5 Å². The highest BCUT2D eigenvalue weighted by atomic mass is 35.5. The number of benzene rings is 3. The lowest BCUT2D eigenvalue weighted by Gasteiger charge is -2.52. The van der Waals surface area contributed by atoms with Gasteiger partial charge in [0.1, 0.15) is 17.7 Å². The summed E-state index contributed by atoms with van der Waals surface area (Å²) in [7, 11) is 0. The van der Waals surface area contributed by atoms with Crippen molar-refractivity contribution in [1.29, 1.82) is 5.26 Å². The van der Waals surface area contributed by atoms with Gasteiger partial charge in [0, 0.05) is 29.1 Å². The van der Waals surface area contributed by atoms with Gasteiger partial charge in [0.2, 0.25) is 5.54 Å². The van der Waals surface area contributed by atoms with Crippen LogP contribution in [0.25, 0.3) is 0 Å². The Morgan fingerprint density at radius 2 is 1.73 bits per heavy atom. The molecule has 3 atom stereocenters. The van der Waals surface area contributed by atoms with E-state index >= 15 is 0 Å². The second-order valence-electron chi connectivity index (χ2n) is 7.50. The molecule has 7 heteroatoms. The number of hydroxylamine groups is 2. The van der Waals surface area contributed by atoms with E-state index in [1.165, 1.54) is 6.07 Å². The number of nitriles is 1. The number of hydrogen-bond donors (Lipinski definition) is 1. The summed E-state index contributed by atoms with van der Waals surface area (Å²) < 4.78 is 27.6. The van der Waals surface area contributed by atoms with Crippen molar-refractivity contribution in [2.24, 2.45) is 0 Å². The molecule has 1 aliphatic rings. The molecular weight excluding hydrogens is 410 g/mol. The summed E-state index contributed by atoms with van der Waals surface area (Å²) in [6.45, 7) is 0. The highest BCUT2D eigenvalue weighted by molar-refractivity contribution is 6.30. The number of halogens is 3. The highest BCUT2D eigenvalue weighted by Crippen LogP contribution is 2.50. The van der Waals surface area contributed by atoms with Gasteiger partial charge < -0.3 is 5.21 Å². The normalized spacial score (nSPS) is 25.4. The van der Waals surface area contributed by atoms with Crippen molar-refractivity contribution in [2.75, 3.05) is 0 Å². The van der Waals surface area contributed by atoms with Crippen LogP contribution in [-0.2, 0) is 12.8 Å². The SMILES string of the molecule is N#CC1(Cc2cc(F)cc(F)c2)C(c2ccc(Cl)cc2)Cc2ccccc2[N+]1([O-])O. The van der Waals surface area contributed by atoms with E-state index < -0.39 is 27.9 Å². The molecule has 4 rings (SSSR count). The van der Waals surface area contributed by atoms with Crippen LogP contribution in [0.4, 0.5) is 14.5 Å². The van der Waals surface area contributed by atoms with Gasteiger partial charge in [-0.1, -0.05) is 41.9 Å². The lowest BCUT2D eigenvalue weighted by molar-refractivity contribution is -0.114. The Bertz CT molecular complexity index is 1120. The largest absolute Gasteiger partial charge is 0.592 e. The van der Waals surface area contributed by atoms with E-state index in [-0.39, 0.29) is 17.7 Å². The van der Waals surface area contributed by atoms with Crippen molar-refractivity contribution in [3.05, 3.63) is 105 Å². The summed E-state index contributed by atoms with van der Waals surface area (Å²) in [5.74, 6) is -2.39. The molecule has 1 N–H and O–H groups in total. The number of fused-ring (bicyclic) bond motifs is 1. The van der Waals surface area contributed by atoms with Crippen LogP contribution in [0.2, 0.25) is 5.02 Å². The second-order valence-corrected chi connectivity index (χ2v) is 7.94. The predicted molar refractivity (Wildman–Crippen MR) is 110 cm³/mol. The third kappa shape index (κ3) is 3.26. The van der Waals surface area contributed by atoms with Crippen LogP contribution in [0.15, 0.2) is 66.7 Å². The molecule has 3 aromatic carbocycles. The summed E-state index contributed by atoms with van der Waals surface area (Å²) >= 11 is 5.99. The first-order valence-corrected chi connectivity index (χ1v) is 9.68. The molecule has 4 nitrogen and oxygen atoms in total. The minimum absolute atomic E-state index is 0.0427. The van der Waals surface area contributed by atoms with Crippen molar-refractivity contribution in [3.63, 3.8) is 0 Å². The molecule has 0 bridgehead atoms. The van der Waals surface area contributed by atoms with E-state index in [0.717, 1.165) is 12.1 Å². The van der Waals surface area contributed by atoms with Crippen LogP contribution >= 0.6 is 11.6 Å². The average Bonchev–Trinajstić information content (AvgIpc) is 2.70. The molecule has 0 radical (unpaired) electrons. The number of hydrogen-bond acceptors (Lipinski definition) is 3. The summed E-state index contributed by atoms with van der Waals surface area (Å²) in [6.07, 6.45) is -0.0498. The number of nitrogens with zero attached hydrogens (tertiary/aromatic N) is 2. The van der Waals surface area contributed by atoms with Crippen molar-refractivity contribution in [2.45, 2.75) is 24.3 Å². The van der Waals surface area contributed by atoms with Crippen LogP contribution in [-0.4, -0.2) is 10.7 Å². The topological polar surface area (TPSA) is 67.1 Å². The predicted octanol–water partition coefficient (Wildman–Crippen LogP) is 5.66. The van der Waals surface area contributed by atoms with Gasteiger partial charge in [-0.25, -0.2) is 14.0 Å². The smallest absolute Gasteiger partial charge is 0.231 e. The number of quaternary nitrogens is 1. The van der Waals surface area contributed by atoms with Gasteiger partial charge in [0.05, 0.1) is 5.92 Å². The Balaban J connectivity index is 1.94. The van der Waals surface area contributed by atoms with Gasteiger partial charge in [-0.3, -0.25) is 0 Å². The van der Waals surface area contributed by atoms with Crippen LogP contribution in [0.1, 0.15) is 22.6 Å². The molecule has 0 spiro atoms. The van der Waals surface area contributed by atoms with E-state index in [9.17, 15) is 24.5 Å². The molecule has 0 saturated carbocycles. The first-order chi connectivity index (χ1) is 14.3. The second kappa shape index (κ2) is 7.46. The fourth-order valence-electron chi connectivity index (χ4n) is 4.32. The lowest BCUT2D eigenvalue weighted by atomic mass is 9.69. The lowest BCUT2D eigenvalue weighted by Crippen LogP contribution is -2.66. The van der Waals surface area contributed by atoms with Crippen molar-refractivity contribution < 1.29 is 14.0 Å². The Morgan fingerprint density at radius 3 is 2.37 bits per heavy atom.